The van der Waals surface area contributed by atoms with E-state index in [2.05, 4.69) is 4.33 Å². The maximum absolute atomic E-state index is 10.7. The minimum atomic E-state index is -4.61. The Labute approximate surface area is 97.6 Å². The minimum Gasteiger partial charge on any atom is -1.00 e. The van der Waals surface area contributed by atoms with E-state index < -0.39 is 22.1 Å². The third-order valence-corrected chi connectivity index (χ3v) is 2.37. The van der Waals surface area contributed by atoms with Crippen molar-refractivity contribution in [2.75, 3.05) is 0 Å². The fraction of sp³-hybridized carbons (Fsp3) is 0.500. The summed E-state index contributed by atoms with van der Waals surface area (Å²) in [4.78, 5) is 21.5. The molecule has 1 fully saturated rings. The fourth-order valence-corrected chi connectivity index (χ4v) is 1.59. The fourth-order valence-electron chi connectivity index (χ4n) is 0.839. The van der Waals surface area contributed by atoms with Gasteiger partial charge in [0.2, 0.25) is 11.8 Å². The summed E-state index contributed by atoms with van der Waals surface area (Å²) in [7, 11) is -4.61. The molecule has 13 heavy (non-hydrogen) atoms. The van der Waals surface area contributed by atoms with E-state index in [0.29, 0.717) is 0 Å². The van der Waals surface area contributed by atoms with E-state index in [0.717, 1.165) is 0 Å². The van der Waals surface area contributed by atoms with Crippen LogP contribution in [-0.2, 0) is 24.2 Å². The van der Waals surface area contributed by atoms with Crippen LogP contribution in [0.15, 0.2) is 0 Å². The van der Waals surface area contributed by atoms with Gasteiger partial charge in [-0.1, -0.05) is 4.33 Å². The van der Waals surface area contributed by atoms with Gasteiger partial charge in [-0.15, -0.1) is 4.31 Å². The number of imide groups is 1. The number of hydrogen-bond donors (Lipinski definition) is 1. The molecule has 0 saturated carbocycles. The molecule has 0 radical (unpaired) electrons. The Balaban J connectivity index is 0. The molecule has 0 aliphatic carbocycles. The Morgan fingerprint density at radius 2 is 1.69 bits per heavy atom. The Kier molecular flexibility index (Phi) is 4.49. The normalized spacial score (nSPS) is 17.5. The van der Waals surface area contributed by atoms with Crippen molar-refractivity contribution in [2.24, 2.45) is 0 Å². The summed E-state index contributed by atoms with van der Waals surface area (Å²) >= 11 is 0. The molecule has 0 unspecified atom stereocenters. The molecule has 7 nitrogen and oxygen atoms in total. The van der Waals surface area contributed by atoms with Crippen LogP contribution in [0.3, 0.4) is 0 Å². The molecule has 1 saturated heterocycles. The van der Waals surface area contributed by atoms with Crippen LogP contribution >= 0.6 is 0 Å². The van der Waals surface area contributed by atoms with Crippen LogP contribution < -0.4 is 29.6 Å². The maximum atomic E-state index is 10.7. The summed E-state index contributed by atoms with van der Waals surface area (Å²) in [6.45, 7) is 0. The molecule has 1 rings (SSSR count). The Morgan fingerprint density at radius 3 is 2.00 bits per heavy atom. The quantitative estimate of drug-likeness (QED) is 0.220. The average molecular weight is 219 g/mol. The largest absolute Gasteiger partial charge is 1.00 e. The number of amides is 2. The van der Waals surface area contributed by atoms with Crippen LogP contribution in [-0.4, -0.2) is 29.8 Å². The topological polar surface area (TPSA) is 101 Å². The van der Waals surface area contributed by atoms with Crippen molar-refractivity contribution in [3.8, 4) is 0 Å². The third-order valence-electron chi connectivity index (χ3n) is 1.32. The van der Waals surface area contributed by atoms with Crippen LogP contribution in [0.25, 0.3) is 0 Å². The predicted molar refractivity (Wildman–Crippen MR) is 34.8 cm³/mol. The predicted octanol–water partition coefficient (Wildman–Crippen LogP) is -4.01. The number of hydrogen-bond acceptors (Lipinski definition) is 6. The molecule has 1 N–H and O–H groups in total. The van der Waals surface area contributed by atoms with E-state index in [-0.39, 0.29) is 48.1 Å². The van der Waals surface area contributed by atoms with Gasteiger partial charge in [0.1, 0.15) is 0 Å². The van der Waals surface area contributed by atoms with Gasteiger partial charge in [-0.3, -0.25) is 9.59 Å². The van der Waals surface area contributed by atoms with Crippen molar-refractivity contribution < 1.29 is 58.6 Å². The van der Waals surface area contributed by atoms with Crippen LogP contribution in [0.5, 0.6) is 0 Å². The summed E-state index contributed by atoms with van der Waals surface area (Å²) < 4.78 is 24.2. The zero-order valence-corrected chi connectivity index (χ0v) is 9.57. The molecule has 0 bridgehead atoms. The van der Waals surface area contributed by atoms with Gasteiger partial charge in [0.25, 0.3) is 0 Å². The van der Waals surface area contributed by atoms with Crippen molar-refractivity contribution in [3.05, 3.63) is 0 Å². The van der Waals surface area contributed by atoms with Gasteiger partial charge in [0.05, 0.1) is 0 Å². The van der Waals surface area contributed by atoms with E-state index in [4.69, 9.17) is 5.26 Å². The zero-order valence-electron chi connectivity index (χ0n) is 7.76. The van der Waals surface area contributed by atoms with Gasteiger partial charge < -0.3 is 1.43 Å². The van der Waals surface area contributed by atoms with Crippen molar-refractivity contribution in [1.82, 2.24) is 4.31 Å². The zero-order chi connectivity index (χ0) is 9.35. The van der Waals surface area contributed by atoms with Gasteiger partial charge in [-0.2, -0.15) is 8.42 Å². The van der Waals surface area contributed by atoms with Crippen LogP contribution in [0.4, 0.5) is 0 Å². The molecule has 1 heterocycles. The molecular weight excluding hydrogens is 213 g/mol. The first-order chi connectivity index (χ1) is 5.49. The number of rotatable bonds is 2. The van der Waals surface area contributed by atoms with Crippen LogP contribution in [0, 0.1) is 0 Å². The van der Waals surface area contributed by atoms with E-state index in [1.807, 2.05) is 0 Å². The SMILES string of the molecule is O=C1CCC(=O)N1S(=O)(=O)OO.[H-].[Na+]. The Morgan fingerprint density at radius 1 is 1.31 bits per heavy atom. The van der Waals surface area contributed by atoms with Gasteiger partial charge in [0, 0.05) is 12.8 Å². The molecular formula is C4H6NNaO6S. The monoisotopic (exact) mass is 219 g/mol. The summed E-state index contributed by atoms with van der Waals surface area (Å²) in [6.07, 6.45) is -0.358. The van der Waals surface area contributed by atoms with E-state index in [9.17, 15) is 18.0 Å². The number of carbonyl (C=O) groups excluding carboxylic acids is 2. The summed E-state index contributed by atoms with van der Waals surface area (Å²) in [5.41, 5.74) is 0. The van der Waals surface area contributed by atoms with E-state index in [1.54, 1.807) is 0 Å². The van der Waals surface area contributed by atoms with Crippen LogP contribution in [0.1, 0.15) is 14.3 Å². The molecule has 0 spiro atoms. The number of carbonyl (C=O) groups is 2. The smallest absolute Gasteiger partial charge is 1.00 e. The average Bonchev–Trinajstić information content (AvgIpc) is 2.31. The number of nitrogens with zero attached hydrogens (tertiary/aromatic N) is 1. The molecule has 0 atom stereocenters. The van der Waals surface area contributed by atoms with Gasteiger partial charge in [-0.05, 0) is 0 Å². The van der Waals surface area contributed by atoms with Crippen molar-refractivity contribution in [1.29, 1.82) is 0 Å². The molecule has 2 amide bonds. The van der Waals surface area contributed by atoms with Gasteiger partial charge >= 0.3 is 39.9 Å². The van der Waals surface area contributed by atoms with Crippen molar-refractivity contribution in [2.45, 2.75) is 12.8 Å². The first-order valence-electron chi connectivity index (χ1n) is 2.93. The Hall–Kier alpha value is 0.01000. The minimum absolute atomic E-state index is 0. The first kappa shape index (κ1) is 13.0. The molecule has 9 heteroatoms. The maximum Gasteiger partial charge on any atom is 1.00 e. The van der Waals surface area contributed by atoms with Crippen molar-refractivity contribution in [3.63, 3.8) is 0 Å². The summed E-state index contributed by atoms with van der Waals surface area (Å²) in [5.74, 6) is -1.79. The summed E-state index contributed by atoms with van der Waals surface area (Å²) in [6, 6.07) is 0. The summed E-state index contributed by atoms with van der Waals surface area (Å²) in [5, 5.41) is 7.86. The molecule has 0 aromatic heterocycles. The molecule has 0 aromatic carbocycles. The van der Waals surface area contributed by atoms with Crippen LogP contribution in [0.2, 0.25) is 0 Å². The Bertz CT molecular complexity index is 313. The van der Waals surface area contributed by atoms with E-state index >= 15 is 0 Å². The molecule has 70 valence electrons. The molecule has 1 aliphatic rings. The second kappa shape index (κ2) is 4.49. The standard InChI is InChI=1S/C4H5NO6S.Na.H/c6-3-1-2-4(7)5(3)12(9,10)11-8;;/h8H,1-2H2;;/q;+1;-1. The second-order valence-electron chi connectivity index (χ2n) is 2.08. The first-order valence-corrected chi connectivity index (χ1v) is 4.29. The van der Waals surface area contributed by atoms with Crippen molar-refractivity contribution >= 4 is 22.1 Å². The second-order valence-corrected chi connectivity index (χ2v) is 3.45. The van der Waals surface area contributed by atoms with Gasteiger partial charge in [-0.25, -0.2) is 5.26 Å². The van der Waals surface area contributed by atoms with Gasteiger partial charge in [0.15, 0.2) is 0 Å². The molecule has 1 aliphatic heterocycles. The molecule has 0 aromatic rings. The third kappa shape index (κ3) is 2.48. The van der Waals surface area contributed by atoms with E-state index in [1.165, 1.54) is 0 Å².